The summed E-state index contributed by atoms with van der Waals surface area (Å²) in [5.74, 6) is -0.310. The number of piperidine rings is 1. The van der Waals surface area contributed by atoms with Gasteiger partial charge in [-0.2, -0.15) is 4.98 Å². The molecule has 1 atom stereocenters. The van der Waals surface area contributed by atoms with Crippen molar-refractivity contribution < 1.29 is 19.3 Å². The highest BCUT2D eigenvalue weighted by Crippen LogP contribution is 2.23. The molecule has 0 saturated carbocycles. The van der Waals surface area contributed by atoms with Crippen LogP contribution < -0.4 is 0 Å². The molecule has 1 aliphatic rings. The zero-order valence-electron chi connectivity index (χ0n) is 13.2. The number of likely N-dealkylation sites (tertiary alicyclic amines) is 1. The Morgan fingerprint density at radius 2 is 2.24 bits per heavy atom. The van der Waals surface area contributed by atoms with E-state index in [0.29, 0.717) is 24.4 Å². The van der Waals surface area contributed by atoms with E-state index in [1.165, 1.54) is 12.1 Å². The summed E-state index contributed by atoms with van der Waals surface area (Å²) >= 11 is 0. The van der Waals surface area contributed by atoms with E-state index in [0.717, 1.165) is 12.8 Å². The average Bonchev–Trinajstić information content (AvgIpc) is 3.04. The molecule has 1 unspecified atom stereocenters. The number of rotatable bonds is 5. The van der Waals surface area contributed by atoms with Gasteiger partial charge < -0.3 is 9.63 Å². The van der Waals surface area contributed by atoms with Crippen LogP contribution in [-0.2, 0) is 11.3 Å². The molecule has 0 radical (unpaired) electrons. The molecule has 1 aliphatic heterocycles. The standard InChI is InChI=1S/C15H16N4O5.ClH/c20-15(21)12-6-1-2-7-18(12)9-13-16-14(17-24-13)10-4-3-5-11(8-10)19(22)23;/h3-5,8,12H,1-2,6-7,9H2,(H,20,21);1H. The number of carboxylic acids is 1. The Morgan fingerprint density at radius 3 is 2.96 bits per heavy atom. The summed E-state index contributed by atoms with van der Waals surface area (Å²) in [4.78, 5) is 27.7. The third-order valence-electron chi connectivity index (χ3n) is 4.02. The maximum absolute atomic E-state index is 11.3. The molecule has 1 saturated heterocycles. The predicted molar refractivity (Wildman–Crippen MR) is 89.3 cm³/mol. The lowest BCUT2D eigenvalue weighted by Gasteiger charge is -2.31. The fraction of sp³-hybridized carbons (Fsp3) is 0.400. The van der Waals surface area contributed by atoms with Gasteiger partial charge in [0.25, 0.3) is 5.69 Å². The second kappa shape index (κ2) is 8.04. The SMILES string of the molecule is Cl.O=C(O)C1CCCCN1Cc1nc(-c2cccc([N+](=O)[O-])c2)no1. The summed E-state index contributed by atoms with van der Waals surface area (Å²) in [6, 6.07) is 5.41. The van der Waals surface area contributed by atoms with Gasteiger partial charge >= 0.3 is 5.97 Å². The fourth-order valence-corrected chi connectivity index (χ4v) is 2.83. The molecule has 0 bridgehead atoms. The Hall–Kier alpha value is -2.52. The van der Waals surface area contributed by atoms with E-state index in [1.54, 1.807) is 17.0 Å². The van der Waals surface area contributed by atoms with Crippen molar-refractivity contribution in [3.63, 3.8) is 0 Å². The molecule has 1 N–H and O–H groups in total. The number of nitro benzene ring substituents is 1. The van der Waals surface area contributed by atoms with Crippen molar-refractivity contribution in [2.45, 2.75) is 31.8 Å². The minimum absolute atomic E-state index is 0. The van der Waals surface area contributed by atoms with Gasteiger partial charge in [0, 0.05) is 17.7 Å². The number of halogens is 1. The van der Waals surface area contributed by atoms with E-state index in [-0.39, 0.29) is 30.5 Å². The number of benzene rings is 1. The number of nitro groups is 1. The zero-order chi connectivity index (χ0) is 17.1. The van der Waals surface area contributed by atoms with Gasteiger partial charge in [-0.3, -0.25) is 19.8 Å². The van der Waals surface area contributed by atoms with Gasteiger partial charge in [0.1, 0.15) is 6.04 Å². The zero-order valence-corrected chi connectivity index (χ0v) is 14.0. The van der Waals surface area contributed by atoms with Crippen molar-refractivity contribution in [1.82, 2.24) is 15.0 Å². The van der Waals surface area contributed by atoms with Crippen LogP contribution in [0.1, 0.15) is 25.2 Å². The first-order valence-corrected chi connectivity index (χ1v) is 7.59. The molecule has 25 heavy (non-hydrogen) atoms. The normalized spacial score (nSPS) is 17.7. The third kappa shape index (κ3) is 4.31. The quantitative estimate of drug-likeness (QED) is 0.630. The lowest BCUT2D eigenvalue weighted by Crippen LogP contribution is -2.44. The van der Waals surface area contributed by atoms with Crippen molar-refractivity contribution in [3.05, 3.63) is 40.3 Å². The van der Waals surface area contributed by atoms with Crippen LogP contribution in [0.25, 0.3) is 11.4 Å². The van der Waals surface area contributed by atoms with E-state index in [1.807, 2.05) is 0 Å². The highest BCUT2D eigenvalue weighted by molar-refractivity contribution is 5.85. The maximum atomic E-state index is 11.3. The molecule has 3 rings (SSSR count). The van der Waals surface area contributed by atoms with E-state index < -0.39 is 16.9 Å². The van der Waals surface area contributed by atoms with E-state index in [2.05, 4.69) is 10.1 Å². The van der Waals surface area contributed by atoms with Crippen LogP contribution in [0.5, 0.6) is 0 Å². The van der Waals surface area contributed by atoms with Crippen LogP contribution in [-0.4, -0.2) is 43.6 Å². The highest BCUT2D eigenvalue weighted by atomic mass is 35.5. The molecule has 1 aromatic heterocycles. The number of nitrogens with zero attached hydrogens (tertiary/aromatic N) is 4. The van der Waals surface area contributed by atoms with E-state index >= 15 is 0 Å². The van der Waals surface area contributed by atoms with Crippen LogP contribution in [0, 0.1) is 10.1 Å². The molecule has 10 heteroatoms. The largest absolute Gasteiger partial charge is 0.480 e. The molecular formula is C15H17ClN4O5. The predicted octanol–water partition coefficient (Wildman–Crippen LogP) is 2.51. The Balaban J connectivity index is 0.00000225. The number of aromatic nitrogens is 2. The first-order valence-electron chi connectivity index (χ1n) is 7.59. The van der Waals surface area contributed by atoms with Crippen molar-refractivity contribution in [2.75, 3.05) is 6.54 Å². The minimum atomic E-state index is -0.854. The first kappa shape index (κ1) is 18.8. The Labute approximate surface area is 149 Å². The van der Waals surface area contributed by atoms with Gasteiger partial charge in [-0.1, -0.05) is 23.7 Å². The van der Waals surface area contributed by atoms with Gasteiger partial charge in [-0.15, -0.1) is 12.4 Å². The van der Waals surface area contributed by atoms with Gasteiger partial charge in [-0.25, -0.2) is 0 Å². The van der Waals surface area contributed by atoms with Gasteiger partial charge in [0.2, 0.25) is 11.7 Å². The Bertz CT molecular complexity index is 766. The Kier molecular flexibility index (Phi) is 6.05. The molecule has 1 fully saturated rings. The van der Waals surface area contributed by atoms with Crippen LogP contribution >= 0.6 is 12.4 Å². The molecule has 2 heterocycles. The summed E-state index contributed by atoms with van der Waals surface area (Å²) in [6.07, 6.45) is 2.41. The number of hydrogen-bond acceptors (Lipinski definition) is 7. The maximum Gasteiger partial charge on any atom is 0.320 e. The second-order valence-electron chi connectivity index (χ2n) is 5.64. The number of carboxylic acid groups (broad SMARTS) is 1. The van der Waals surface area contributed by atoms with Crippen molar-refractivity contribution in [1.29, 1.82) is 0 Å². The number of hydrogen-bond donors (Lipinski definition) is 1. The minimum Gasteiger partial charge on any atom is -0.480 e. The van der Waals surface area contributed by atoms with Gasteiger partial charge in [-0.05, 0) is 19.4 Å². The van der Waals surface area contributed by atoms with E-state index in [4.69, 9.17) is 4.52 Å². The third-order valence-corrected chi connectivity index (χ3v) is 4.02. The summed E-state index contributed by atoms with van der Waals surface area (Å²) in [5.41, 5.74) is 0.424. The summed E-state index contributed by atoms with van der Waals surface area (Å²) < 4.78 is 5.18. The van der Waals surface area contributed by atoms with Crippen LogP contribution in [0.3, 0.4) is 0 Å². The first-order chi connectivity index (χ1) is 11.5. The molecular weight excluding hydrogens is 352 g/mol. The highest BCUT2D eigenvalue weighted by Gasteiger charge is 2.29. The Morgan fingerprint density at radius 1 is 1.44 bits per heavy atom. The molecule has 1 aromatic carbocycles. The number of aliphatic carboxylic acids is 1. The topological polar surface area (TPSA) is 123 Å². The fourth-order valence-electron chi connectivity index (χ4n) is 2.83. The molecule has 9 nitrogen and oxygen atoms in total. The lowest BCUT2D eigenvalue weighted by molar-refractivity contribution is -0.384. The second-order valence-corrected chi connectivity index (χ2v) is 5.64. The molecule has 134 valence electrons. The molecule has 2 aromatic rings. The van der Waals surface area contributed by atoms with Crippen LogP contribution in [0.4, 0.5) is 5.69 Å². The molecule has 0 aliphatic carbocycles. The summed E-state index contributed by atoms with van der Waals surface area (Å²) in [5, 5.41) is 24.0. The van der Waals surface area contributed by atoms with Crippen LogP contribution in [0.15, 0.2) is 28.8 Å². The lowest BCUT2D eigenvalue weighted by atomic mass is 10.0. The monoisotopic (exact) mass is 368 g/mol. The van der Waals surface area contributed by atoms with Crippen molar-refractivity contribution >= 4 is 24.1 Å². The van der Waals surface area contributed by atoms with Crippen molar-refractivity contribution in [3.8, 4) is 11.4 Å². The average molecular weight is 369 g/mol. The van der Waals surface area contributed by atoms with Gasteiger partial charge in [0.15, 0.2) is 0 Å². The summed E-state index contributed by atoms with van der Waals surface area (Å²) in [7, 11) is 0. The van der Waals surface area contributed by atoms with Crippen molar-refractivity contribution in [2.24, 2.45) is 0 Å². The van der Waals surface area contributed by atoms with Gasteiger partial charge in [0.05, 0.1) is 11.5 Å². The smallest absolute Gasteiger partial charge is 0.320 e. The molecule has 0 spiro atoms. The number of carbonyl (C=O) groups is 1. The number of non-ortho nitro benzene ring substituents is 1. The van der Waals surface area contributed by atoms with Crippen LogP contribution in [0.2, 0.25) is 0 Å². The molecule has 0 amide bonds. The summed E-state index contributed by atoms with van der Waals surface area (Å²) in [6.45, 7) is 0.907. The van der Waals surface area contributed by atoms with E-state index in [9.17, 15) is 20.0 Å².